The minimum Gasteiger partial charge on any atom is -0.378 e. The lowest BCUT2D eigenvalue weighted by atomic mass is 9.86. The highest BCUT2D eigenvalue weighted by molar-refractivity contribution is 5.85. The Morgan fingerprint density at radius 3 is 2.29 bits per heavy atom. The highest BCUT2D eigenvalue weighted by Gasteiger charge is 2.38. The molecule has 0 radical (unpaired) electrons. The summed E-state index contributed by atoms with van der Waals surface area (Å²) in [5.74, 6) is 1.20. The summed E-state index contributed by atoms with van der Waals surface area (Å²) < 4.78 is 5.47. The van der Waals surface area contributed by atoms with E-state index in [0.29, 0.717) is 31.0 Å². The van der Waals surface area contributed by atoms with Crippen LogP contribution in [0, 0.1) is 5.92 Å². The van der Waals surface area contributed by atoms with Gasteiger partial charge < -0.3 is 15.0 Å². The van der Waals surface area contributed by atoms with Crippen molar-refractivity contribution in [2.24, 2.45) is 5.92 Å². The molecule has 1 amide bonds. The first-order chi connectivity index (χ1) is 9.74. The van der Waals surface area contributed by atoms with Crippen molar-refractivity contribution in [3.05, 3.63) is 0 Å². The molecule has 5 heteroatoms. The highest BCUT2D eigenvalue weighted by Crippen LogP contribution is 2.35. The summed E-state index contributed by atoms with van der Waals surface area (Å²) in [4.78, 5) is 15.0. The summed E-state index contributed by atoms with van der Waals surface area (Å²) >= 11 is 0. The second-order valence-electron chi connectivity index (χ2n) is 6.88. The van der Waals surface area contributed by atoms with E-state index in [2.05, 4.69) is 17.1 Å². The zero-order chi connectivity index (χ0) is 13.9. The predicted molar refractivity (Wildman–Crippen MR) is 85.8 cm³/mol. The van der Waals surface area contributed by atoms with E-state index in [1.54, 1.807) is 0 Å². The second kappa shape index (κ2) is 7.80. The van der Waals surface area contributed by atoms with Crippen LogP contribution >= 0.6 is 12.4 Å². The van der Waals surface area contributed by atoms with Crippen molar-refractivity contribution in [1.82, 2.24) is 10.2 Å². The van der Waals surface area contributed by atoms with Crippen molar-refractivity contribution in [1.29, 1.82) is 0 Å². The zero-order valence-corrected chi connectivity index (χ0v) is 13.9. The molecular weight excluding hydrogens is 288 g/mol. The van der Waals surface area contributed by atoms with Crippen LogP contribution in [0.25, 0.3) is 0 Å². The predicted octanol–water partition coefficient (Wildman–Crippen LogP) is 2.36. The number of ether oxygens (including phenoxy) is 1. The van der Waals surface area contributed by atoms with Gasteiger partial charge in [0.2, 0.25) is 5.91 Å². The number of halogens is 1. The molecular formula is C16H29ClN2O2. The molecule has 3 fully saturated rings. The third-order valence-electron chi connectivity index (χ3n) is 5.03. The number of amides is 1. The number of carbonyl (C=O) groups excluding carboxylic acids is 1. The Hall–Kier alpha value is -0.320. The quantitative estimate of drug-likeness (QED) is 0.865. The van der Waals surface area contributed by atoms with E-state index in [1.807, 2.05) is 0 Å². The van der Waals surface area contributed by atoms with Gasteiger partial charge in [-0.05, 0) is 44.4 Å². The molecule has 4 nitrogen and oxygen atoms in total. The topological polar surface area (TPSA) is 41.6 Å². The van der Waals surface area contributed by atoms with Crippen LogP contribution in [0.2, 0.25) is 0 Å². The Morgan fingerprint density at radius 1 is 1.14 bits per heavy atom. The summed E-state index contributed by atoms with van der Waals surface area (Å²) in [7, 11) is 0. The molecule has 3 rings (SSSR count). The largest absolute Gasteiger partial charge is 0.378 e. The molecule has 1 unspecified atom stereocenters. The lowest BCUT2D eigenvalue weighted by Gasteiger charge is -2.37. The first-order valence-corrected chi connectivity index (χ1v) is 8.36. The standard InChI is InChI=1S/C16H28N2O2.ClH/c1-12-2-4-14(5-3-12)18(15-6-7-15)16(19)10-13-11-20-9-8-17-13;/h12-15,17H,2-11H2,1H3;1H. The molecule has 0 bridgehead atoms. The van der Waals surface area contributed by atoms with Gasteiger partial charge in [0.1, 0.15) is 0 Å². The average Bonchev–Trinajstić information content (AvgIpc) is 3.27. The minimum atomic E-state index is 0. The highest BCUT2D eigenvalue weighted by atomic mass is 35.5. The van der Waals surface area contributed by atoms with E-state index in [0.717, 1.165) is 19.1 Å². The molecule has 0 aromatic heterocycles. The van der Waals surface area contributed by atoms with E-state index in [9.17, 15) is 4.79 Å². The maximum atomic E-state index is 12.7. The molecule has 3 aliphatic rings. The monoisotopic (exact) mass is 316 g/mol. The number of rotatable bonds is 4. The number of hydrogen-bond donors (Lipinski definition) is 1. The van der Waals surface area contributed by atoms with Gasteiger partial charge in [-0.1, -0.05) is 6.92 Å². The third kappa shape index (κ3) is 4.57. The number of nitrogens with zero attached hydrogens (tertiary/aromatic N) is 1. The van der Waals surface area contributed by atoms with Gasteiger partial charge in [0.15, 0.2) is 0 Å². The van der Waals surface area contributed by atoms with Crippen molar-refractivity contribution in [2.75, 3.05) is 19.8 Å². The molecule has 0 spiro atoms. The van der Waals surface area contributed by atoms with Crippen LogP contribution in [0.3, 0.4) is 0 Å². The van der Waals surface area contributed by atoms with Crippen molar-refractivity contribution in [3.63, 3.8) is 0 Å². The number of carbonyl (C=O) groups is 1. The summed E-state index contributed by atoms with van der Waals surface area (Å²) in [5.41, 5.74) is 0. The zero-order valence-electron chi connectivity index (χ0n) is 13.1. The third-order valence-corrected chi connectivity index (χ3v) is 5.03. The maximum Gasteiger partial charge on any atom is 0.224 e. The summed E-state index contributed by atoms with van der Waals surface area (Å²) in [5, 5.41) is 3.40. The summed E-state index contributed by atoms with van der Waals surface area (Å²) in [6.07, 6.45) is 8.02. The fraction of sp³-hybridized carbons (Fsp3) is 0.938. The normalized spacial score (nSPS) is 33.1. The molecule has 0 aromatic carbocycles. The fourth-order valence-electron chi connectivity index (χ4n) is 3.65. The fourth-order valence-corrected chi connectivity index (χ4v) is 3.65. The number of hydrogen-bond acceptors (Lipinski definition) is 3. The molecule has 2 aliphatic carbocycles. The SMILES string of the molecule is CC1CCC(N(C(=O)CC2COCCN2)C2CC2)CC1.Cl. The number of nitrogens with one attached hydrogen (secondary N) is 1. The van der Waals surface area contributed by atoms with Gasteiger partial charge in [-0.25, -0.2) is 0 Å². The lowest BCUT2D eigenvalue weighted by Crippen LogP contribution is -2.48. The molecule has 1 N–H and O–H groups in total. The van der Waals surface area contributed by atoms with Gasteiger partial charge in [-0.2, -0.15) is 0 Å². The Morgan fingerprint density at radius 2 is 1.76 bits per heavy atom. The molecule has 1 heterocycles. The van der Waals surface area contributed by atoms with Crippen LogP contribution in [0.5, 0.6) is 0 Å². The first kappa shape index (κ1) is 17.0. The van der Waals surface area contributed by atoms with Crippen LogP contribution in [0.4, 0.5) is 0 Å². The Balaban J connectivity index is 0.00000161. The van der Waals surface area contributed by atoms with Crippen molar-refractivity contribution in [2.45, 2.75) is 70.0 Å². The van der Waals surface area contributed by atoms with E-state index >= 15 is 0 Å². The van der Waals surface area contributed by atoms with Crippen LogP contribution in [-0.4, -0.2) is 48.7 Å². The van der Waals surface area contributed by atoms with Gasteiger partial charge in [0.25, 0.3) is 0 Å². The van der Waals surface area contributed by atoms with E-state index in [-0.39, 0.29) is 18.4 Å². The molecule has 1 saturated heterocycles. The summed E-state index contributed by atoms with van der Waals surface area (Å²) in [6.45, 7) is 4.68. The molecule has 1 atom stereocenters. The van der Waals surface area contributed by atoms with Gasteiger partial charge in [0, 0.05) is 31.1 Å². The average molecular weight is 317 g/mol. The first-order valence-electron chi connectivity index (χ1n) is 8.36. The van der Waals surface area contributed by atoms with Gasteiger partial charge in [-0.15, -0.1) is 12.4 Å². The molecule has 0 aromatic rings. The van der Waals surface area contributed by atoms with Gasteiger partial charge in [-0.3, -0.25) is 4.79 Å². The molecule has 21 heavy (non-hydrogen) atoms. The van der Waals surface area contributed by atoms with Crippen molar-refractivity contribution in [3.8, 4) is 0 Å². The van der Waals surface area contributed by atoms with E-state index in [1.165, 1.54) is 38.5 Å². The van der Waals surface area contributed by atoms with Crippen molar-refractivity contribution >= 4 is 18.3 Å². The van der Waals surface area contributed by atoms with Crippen LogP contribution < -0.4 is 5.32 Å². The van der Waals surface area contributed by atoms with Gasteiger partial charge in [0.05, 0.1) is 13.2 Å². The van der Waals surface area contributed by atoms with Crippen LogP contribution in [-0.2, 0) is 9.53 Å². The number of morpholine rings is 1. The van der Waals surface area contributed by atoms with Gasteiger partial charge >= 0.3 is 0 Å². The van der Waals surface area contributed by atoms with Crippen LogP contribution in [0.1, 0.15) is 51.9 Å². The molecule has 2 saturated carbocycles. The van der Waals surface area contributed by atoms with E-state index in [4.69, 9.17) is 4.74 Å². The summed E-state index contributed by atoms with van der Waals surface area (Å²) in [6, 6.07) is 1.28. The second-order valence-corrected chi connectivity index (χ2v) is 6.88. The van der Waals surface area contributed by atoms with Crippen LogP contribution in [0.15, 0.2) is 0 Å². The minimum absolute atomic E-state index is 0. The smallest absolute Gasteiger partial charge is 0.224 e. The molecule has 122 valence electrons. The molecule has 1 aliphatic heterocycles. The Labute approximate surface area is 134 Å². The van der Waals surface area contributed by atoms with Crippen molar-refractivity contribution < 1.29 is 9.53 Å². The maximum absolute atomic E-state index is 12.7. The Kier molecular flexibility index (Phi) is 6.33. The lowest BCUT2D eigenvalue weighted by molar-refractivity contribution is -0.136. The Bertz CT molecular complexity index is 335. The van der Waals surface area contributed by atoms with E-state index < -0.39 is 0 Å².